The van der Waals surface area contributed by atoms with Gasteiger partial charge in [-0.15, -0.1) is 0 Å². The highest BCUT2D eigenvalue weighted by molar-refractivity contribution is 6.63. The number of Topliss-reactive ketones (excluding diaryl/α,β-unsaturated/α-hetero) is 1. The van der Waals surface area contributed by atoms with E-state index in [1.54, 1.807) is 42.7 Å². The van der Waals surface area contributed by atoms with Crippen LogP contribution in [0.5, 0.6) is 0 Å². The molecule has 0 spiro atoms. The maximum absolute atomic E-state index is 13.9. The van der Waals surface area contributed by atoms with E-state index in [4.69, 9.17) is 83.4 Å². The van der Waals surface area contributed by atoms with Crippen molar-refractivity contribution in [3.63, 3.8) is 0 Å². The maximum atomic E-state index is 13.9. The van der Waals surface area contributed by atoms with Gasteiger partial charge in [-0.05, 0) is 25.7 Å². The van der Waals surface area contributed by atoms with Crippen molar-refractivity contribution in [1.29, 1.82) is 0 Å². The van der Waals surface area contributed by atoms with Crippen molar-refractivity contribution in [2.45, 2.75) is 63.5 Å². The summed E-state index contributed by atoms with van der Waals surface area (Å²) in [7, 11) is 2.83. The third-order valence-electron chi connectivity index (χ3n) is 9.31. The van der Waals surface area contributed by atoms with Crippen LogP contribution in [0.3, 0.4) is 0 Å². The van der Waals surface area contributed by atoms with Crippen LogP contribution in [0.2, 0.25) is 11.1 Å². The third kappa shape index (κ3) is 32.1. The summed E-state index contributed by atoms with van der Waals surface area (Å²) in [5.74, 6) is 0.0927. The molecular formula is C41H86O19Si2. The second kappa shape index (κ2) is 45.5. The van der Waals surface area contributed by atoms with Gasteiger partial charge in [0.1, 0.15) is 5.78 Å². The lowest BCUT2D eigenvalue weighted by Crippen LogP contribution is -2.52. The summed E-state index contributed by atoms with van der Waals surface area (Å²) >= 11 is 0. The quantitative estimate of drug-likeness (QED) is 0.0636. The number of rotatable bonds is 52. The van der Waals surface area contributed by atoms with Gasteiger partial charge in [-0.1, -0.05) is 13.8 Å². The molecule has 0 fully saturated rings. The standard InChI is InChI=1S/C41H86O19Si2/c1-9-40(61(55-33-27-49-21-15-43-3,56-34-28-50-22-16-44-4)57-35-29-51-23-17-45-5)13-11-39(42)12-14-41(10-2)62(58-36-30-52-24-18-46-6,59-37-31-53-25-19-47-7)60-38-32-54-26-20-48-8/h40-41H,9-38H2,1-8H3. The fourth-order valence-corrected chi connectivity index (χ4v) is 12.1. The van der Waals surface area contributed by atoms with Crippen molar-refractivity contribution in [2.24, 2.45) is 0 Å². The van der Waals surface area contributed by atoms with Crippen molar-refractivity contribution in [2.75, 3.05) is 201 Å². The zero-order valence-electron chi connectivity index (χ0n) is 39.6. The molecule has 19 nitrogen and oxygen atoms in total. The lowest BCUT2D eigenvalue weighted by atomic mass is 10.1. The molecule has 62 heavy (non-hydrogen) atoms. The fraction of sp³-hybridized carbons (Fsp3) is 0.976. The minimum Gasteiger partial charge on any atom is -0.382 e. The Kier molecular flexibility index (Phi) is 45.1. The molecule has 0 bridgehead atoms. The van der Waals surface area contributed by atoms with Gasteiger partial charge < -0.3 is 83.4 Å². The van der Waals surface area contributed by atoms with Crippen LogP contribution in [0.4, 0.5) is 0 Å². The van der Waals surface area contributed by atoms with Crippen LogP contribution >= 0.6 is 0 Å². The molecule has 2 unspecified atom stereocenters. The molecule has 0 aromatic rings. The van der Waals surface area contributed by atoms with Crippen LogP contribution in [0.15, 0.2) is 0 Å². The summed E-state index contributed by atoms with van der Waals surface area (Å²) in [6.45, 7) is 12.9. The van der Waals surface area contributed by atoms with Gasteiger partial charge in [0.05, 0.1) is 159 Å². The molecule has 0 aromatic carbocycles. The highest BCUT2D eigenvalue weighted by Gasteiger charge is 2.50. The number of hydrogen-bond donors (Lipinski definition) is 0. The van der Waals surface area contributed by atoms with Gasteiger partial charge in [0.15, 0.2) is 0 Å². The van der Waals surface area contributed by atoms with Gasteiger partial charge in [0.25, 0.3) is 0 Å². The van der Waals surface area contributed by atoms with E-state index in [2.05, 4.69) is 13.8 Å². The van der Waals surface area contributed by atoms with E-state index >= 15 is 0 Å². The second-order valence-electron chi connectivity index (χ2n) is 13.8. The average molecular weight is 939 g/mol. The first-order valence-corrected chi connectivity index (χ1v) is 25.7. The monoisotopic (exact) mass is 939 g/mol. The molecule has 2 atom stereocenters. The Labute approximate surface area is 375 Å². The number of carbonyl (C=O) groups is 1. The van der Waals surface area contributed by atoms with Crippen LogP contribution in [-0.2, 0) is 88.2 Å². The van der Waals surface area contributed by atoms with Crippen molar-refractivity contribution >= 4 is 23.4 Å². The van der Waals surface area contributed by atoms with Crippen molar-refractivity contribution in [3.05, 3.63) is 0 Å². The number of methoxy groups -OCH3 is 6. The molecule has 0 saturated carbocycles. The Morgan fingerprint density at radius 3 is 0.694 bits per heavy atom. The zero-order valence-corrected chi connectivity index (χ0v) is 41.6. The molecule has 0 radical (unpaired) electrons. The van der Waals surface area contributed by atoms with Crippen LogP contribution in [0.25, 0.3) is 0 Å². The van der Waals surface area contributed by atoms with Gasteiger partial charge in [0.2, 0.25) is 0 Å². The minimum atomic E-state index is -3.46. The molecular weight excluding hydrogens is 853 g/mol. The van der Waals surface area contributed by atoms with Crippen LogP contribution < -0.4 is 0 Å². The van der Waals surface area contributed by atoms with E-state index < -0.39 is 17.6 Å². The Morgan fingerprint density at radius 2 is 0.516 bits per heavy atom. The highest BCUT2D eigenvalue weighted by atomic mass is 28.4. The van der Waals surface area contributed by atoms with Gasteiger partial charge in [0, 0.05) is 66.6 Å². The van der Waals surface area contributed by atoms with Crippen molar-refractivity contribution < 1.29 is 88.2 Å². The smallest absolute Gasteiger partial charge is 0.382 e. The first kappa shape index (κ1) is 61.4. The van der Waals surface area contributed by atoms with E-state index in [-0.39, 0.29) is 56.5 Å². The first-order chi connectivity index (χ1) is 30.4. The molecule has 0 aromatic heterocycles. The maximum Gasteiger partial charge on any atom is 0.504 e. The molecule has 0 saturated heterocycles. The molecule has 21 heteroatoms. The summed E-state index contributed by atoms with van der Waals surface area (Å²) in [6.07, 6.45) is 2.91. The number of hydrogen-bond acceptors (Lipinski definition) is 19. The van der Waals surface area contributed by atoms with Crippen LogP contribution in [0.1, 0.15) is 52.4 Å². The Balaban J connectivity index is 6.19. The topological polar surface area (TPSA) is 183 Å². The molecule has 372 valence electrons. The molecule has 0 aliphatic carbocycles. The molecule has 0 heterocycles. The lowest BCUT2D eigenvalue weighted by molar-refractivity contribution is -0.119. The number of ether oxygens (including phenoxy) is 12. The highest BCUT2D eigenvalue weighted by Crippen LogP contribution is 2.36. The van der Waals surface area contributed by atoms with Gasteiger partial charge in [-0.3, -0.25) is 4.79 Å². The van der Waals surface area contributed by atoms with E-state index in [1.807, 2.05) is 0 Å². The Bertz CT molecular complexity index is 796. The fourth-order valence-electron chi connectivity index (χ4n) is 5.94. The van der Waals surface area contributed by atoms with Crippen molar-refractivity contribution in [3.8, 4) is 0 Å². The molecule has 0 aliphatic heterocycles. The van der Waals surface area contributed by atoms with Crippen LogP contribution in [-0.4, -0.2) is 225 Å². The van der Waals surface area contributed by atoms with Crippen molar-refractivity contribution in [1.82, 2.24) is 0 Å². The number of ketones is 1. The lowest BCUT2D eigenvalue weighted by Gasteiger charge is -2.36. The summed E-state index contributed by atoms with van der Waals surface area (Å²) in [6, 6.07) is 0. The summed E-state index contributed by atoms with van der Waals surface area (Å²) in [4.78, 5) is 13.9. The molecule has 0 aliphatic rings. The molecule has 0 N–H and O–H groups in total. The summed E-state index contributed by atoms with van der Waals surface area (Å²) in [5, 5.41) is 0. The predicted octanol–water partition coefficient (Wildman–Crippen LogP) is 3.63. The zero-order chi connectivity index (χ0) is 45.7. The Hall–Kier alpha value is -0.616. The second-order valence-corrected chi connectivity index (χ2v) is 19.5. The minimum absolute atomic E-state index is 0.0927. The van der Waals surface area contributed by atoms with Gasteiger partial charge >= 0.3 is 17.6 Å². The van der Waals surface area contributed by atoms with E-state index in [1.165, 1.54) is 0 Å². The average Bonchev–Trinajstić information content (AvgIpc) is 3.28. The van der Waals surface area contributed by atoms with E-state index in [0.717, 1.165) is 0 Å². The van der Waals surface area contributed by atoms with Crippen LogP contribution in [0, 0.1) is 0 Å². The van der Waals surface area contributed by atoms with E-state index in [0.29, 0.717) is 157 Å². The normalized spacial score (nSPS) is 13.3. The summed E-state index contributed by atoms with van der Waals surface area (Å²) < 4.78 is 104. The predicted molar refractivity (Wildman–Crippen MR) is 235 cm³/mol. The van der Waals surface area contributed by atoms with Gasteiger partial charge in [-0.2, -0.15) is 0 Å². The third-order valence-corrected chi connectivity index (χ3v) is 16.3. The van der Waals surface area contributed by atoms with E-state index in [9.17, 15) is 4.79 Å². The summed E-state index contributed by atoms with van der Waals surface area (Å²) in [5.41, 5.74) is -0.383. The Morgan fingerprint density at radius 1 is 0.323 bits per heavy atom. The van der Waals surface area contributed by atoms with Gasteiger partial charge in [-0.25, -0.2) is 0 Å². The first-order valence-electron chi connectivity index (χ1n) is 22.1. The number of carbonyl (C=O) groups excluding carboxylic acids is 1. The molecule has 0 amide bonds. The largest absolute Gasteiger partial charge is 0.504 e. The molecule has 0 rings (SSSR count). The SMILES string of the molecule is CCC(CCC(=O)CCC(CC)[Si](OCCOCCOC)(OCCOCCOC)OCCOCCOC)[Si](OCCOCCOC)(OCCOCCOC)OCCOCCOC.